The van der Waals surface area contributed by atoms with E-state index in [1.54, 1.807) is 0 Å². The van der Waals surface area contributed by atoms with Crippen LogP contribution >= 0.6 is 0 Å². The Hall–Kier alpha value is -1.48. The molecule has 0 aromatic heterocycles. The molecule has 92 valence electrons. The van der Waals surface area contributed by atoms with E-state index in [1.165, 1.54) is 18.5 Å². The van der Waals surface area contributed by atoms with Crippen LogP contribution in [0.4, 0.5) is 11.4 Å². The number of nitrogens with zero attached hydrogens (tertiary/aromatic N) is 1. The third kappa shape index (κ3) is 3.49. The number of nitrogen functional groups attached to an aromatic ring is 2. The van der Waals surface area contributed by atoms with Crippen molar-refractivity contribution < 1.29 is 0 Å². The van der Waals surface area contributed by atoms with Crippen molar-refractivity contribution in [2.24, 2.45) is 0 Å². The summed E-state index contributed by atoms with van der Waals surface area (Å²) in [7, 11) is 0. The molecular formula is C14H21N3. The minimum atomic E-state index is 0.801. The summed E-state index contributed by atoms with van der Waals surface area (Å²) in [6, 6.07) is 5.74. The minimum Gasteiger partial charge on any atom is -0.399 e. The molecule has 2 rings (SSSR count). The molecule has 0 aliphatic carbocycles. The maximum atomic E-state index is 5.93. The molecule has 1 aliphatic heterocycles. The number of aryl methyl sites for hydroxylation is 1. The van der Waals surface area contributed by atoms with Gasteiger partial charge in [-0.05, 0) is 49.6 Å². The van der Waals surface area contributed by atoms with Gasteiger partial charge in [0.1, 0.15) is 0 Å². The third-order valence-electron chi connectivity index (χ3n) is 3.23. The van der Waals surface area contributed by atoms with Gasteiger partial charge in [0.15, 0.2) is 0 Å². The van der Waals surface area contributed by atoms with Gasteiger partial charge in [0.25, 0.3) is 0 Å². The Balaban J connectivity index is 1.81. The summed E-state index contributed by atoms with van der Waals surface area (Å²) in [6.07, 6.45) is 7.84. The van der Waals surface area contributed by atoms with Gasteiger partial charge >= 0.3 is 0 Å². The summed E-state index contributed by atoms with van der Waals surface area (Å²) in [5.74, 6) is 0. The Bertz CT molecular complexity index is 398. The summed E-state index contributed by atoms with van der Waals surface area (Å²) in [6.45, 7) is 3.41. The zero-order valence-corrected chi connectivity index (χ0v) is 10.2. The van der Waals surface area contributed by atoms with Crippen molar-refractivity contribution in [3.8, 4) is 0 Å². The van der Waals surface area contributed by atoms with E-state index >= 15 is 0 Å². The standard InChI is InChI=1S/C14H21N3/c15-13-6-7-14(16)12(11-13)5-4-10-17-8-2-1-3-9-17/h1-2,6-7,11H,3-5,8-10,15-16H2. The van der Waals surface area contributed by atoms with E-state index in [9.17, 15) is 0 Å². The first kappa shape index (κ1) is 12.0. The molecule has 0 spiro atoms. The van der Waals surface area contributed by atoms with Crippen LogP contribution in [0, 0.1) is 0 Å². The molecule has 4 N–H and O–H groups in total. The third-order valence-corrected chi connectivity index (χ3v) is 3.23. The zero-order chi connectivity index (χ0) is 12.1. The maximum absolute atomic E-state index is 5.93. The van der Waals surface area contributed by atoms with E-state index in [4.69, 9.17) is 11.5 Å². The lowest BCUT2D eigenvalue weighted by molar-refractivity contribution is 0.295. The van der Waals surface area contributed by atoms with Crippen LogP contribution in [0.5, 0.6) is 0 Å². The van der Waals surface area contributed by atoms with Crippen LogP contribution in [-0.4, -0.2) is 24.5 Å². The molecule has 0 bridgehead atoms. The summed E-state index contributed by atoms with van der Waals surface area (Å²) < 4.78 is 0. The van der Waals surface area contributed by atoms with Gasteiger partial charge in [-0.1, -0.05) is 12.2 Å². The Labute approximate surface area is 103 Å². The summed E-state index contributed by atoms with van der Waals surface area (Å²) >= 11 is 0. The number of anilines is 2. The molecule has 3 nitrogen and oxygen atoms in total. The van der Waals surface area contributed by atoms with E-state index in [0.717, 1.165) is 37.3 Å². The van der Waals surface area contributed by atoms with Crippen LogP contribution in [0.2, 0.25) is 0 Å². The van der Waals surface area contributed by atoms with E-state index in [1.807, 2.05) is 18.2 Å². The average molecular weight is 231 g/mol. The van der Waals surface area contributed by atoms with Gasteiger partial charge in [-0.15, -0.1) is 0 Å². The summed E-state index contributed by atoms with van der Waals surface area (Å²) in [4.78, 5) is 2.47. The lowest BCUT2D eigenvalue weighted by Crippen LogP contribution is -2.28. The van der Waals surface area contributed by atoms with Gasteiger partial charge < -0.3 is 11.5 Å². The molecule has 0 saturated carbocycles. The van der Waals surface area contributed by atoms with E-state index in [2.05, 4.69) is 17.1 Å². The van der Waals surface area contributed by atoms with Crippen molar-refractivity contribution in [1.82, 2.24) is 4.90 Å². The van der Waals surface area contributed by atoms with E-state index < -0.39 is 0 Å². The first-order valence-corrected chi connectivity index (χ1v) is 6.27. The summed E-state index contributed by atoms with van der Waals surface area (Å²) in [5.41, 5.74) is 14.5. The predicted octanol–water partition coefficient (Wildman–Crippen LogP) is 2.05. The molecule has 0 atom stereocenters. The molecule has 1 aromatic rings. The second-order valence-electron chi connectivity index (χ2n) is 4.62. The molecule has 1 aromatic carbocycles. The zero-order valence-electron chi connectivity index (χ0n) is 10.2. The van der Waals surface area contributed by atoms with Crippen molar-refractivity contribution in [2.75, 3.05) is 31.1 Å². The average Bonchev–Trinajstić information content (AvgIpc) is 2.35. The molecule has 1 aliphatic rings. The number of nitrogens with two attached hydrogens (primary N) is 2. The van der Waals surface area contributed by atoms with E-state index in [0.29, 0.717) is 0 Å². The van der Waals surface area contributed by atoms with Crippen LogP contribution in [0.25, 0.3) is 0 Å². The highest BCUT2D eigenvalue weighted by molar-refractivity contribution is 5.55. The number of benzene rings is 1. The van der Waals surface area contributed by atoms with Crippen LogP contribution < -0.4 is 11.5 Å². The van der Waals surface area contributed by atoms with Gasteiger partial charge in [0.05, 0.1) is 0 Å². The fourth-order valence-corrected chi connectivity index (χ4v) is 2.23. The highest BCUT2D eigenvalue weighted by Crippen LogP contribution is 2.17. The molecule has 17 heavy (non-hydrogen) atoms. The van der Waals surface area contributed by atoms with Gasteiger partial charge in [-0.3, -0.25) is 4.90 Å². The number of rotatable bonds is 4. The topological polar surface area (TPSA) is 55.3 Å². The SMILES string of the molecule is Nc1ccc(N)c(CCCN2CC=CCC2)c1. The van der Waals surface area contributed by atoms with Crippen molar-refractivity contribution in [1.29, 1.82) is 0 Å². The second-order valence-corrected chi connectivity index (χ2v) is 4.62. The molecule has 0 fully saturated rings. The van der Waals surface area contributed by atoms with Crippen molar-refractivity contribution in [2.45, 2.75) is 19.3 Å². The molecule has 0 saturated heterocycles. The fraction of sp³-hybridized carbons (Fsp3) is 0.429. The van der Waals surface area contributed by atoms with Crippen LogP contribution in [0.3, 0.4) is 0 Å². The summed E-state index contributed by atoms with van der Waals surface area (Å²) in [5, 5.41) is 0. The van der Waals surface area contributed by atoms with Crippen LogP contribution in [0.1, 0.15) is 18.4 Å². The molecule has 1 heterocycles. The molecule has 0 unspecified atom stereocenters. The normalized spacial score (nSPS) is 16.2. The predicted molar refractivity (Wildman–Crippen MR) is 73.8 cm³/mol. The Kier molecular flexibility index (Phi) is 4.04. The highest BCUT2D eigenvalue weighted by Gasteiger charge is 2.06. The van der Waals surface area contributed by atoms with Crippen molar-refractivity contribution in [3.63, 3.8) is 0 Å². The van der Waals surface area contributed by atoms with Crippen molar-refractivity contribution in [3.05, 3.63) is 35.9 Å². The highest BCUT2D eigenvalue weighted by atomic mass is 15.1. The first-order valence-electron chi connectivity index (χ1n) is 6.27. The largest absolute Gasteiger partial charge is 0.399 e. The molecule has 0 radical (unpaired) electrons. The Morgan fingerprint density at radius 1 is 1.18 bits per heavy atom. The lowest BCUT2D eigenvalue weighted by atomic mass is 10.1. The van der Waals surface area contributed by atoms with Gasteiger partial charge in [0, 0.05) is 24.5 Å². The Morgan fingerprint density at radius 3 is 2.82 bits per heavy atom. The van der Waals surface area contributed by atoms with Gasteiger partial charge in [0.2, 0.25) is 0 Å². The Morgan fingerprint density at radius 2 is 2.06 bits per heavy atom. The van der Waals surface area contributed by atoms with Gasteiger partial charge in [-0.25, -0.2) is 0 Å². The lowest BCUT2D eigenvalue weighted by Gasteiger charge is -2.22. The van der Waals surface area contributed by atoms with E-state index in [-0.39, 0.29) is 0 Å². The monoisotopic (exact) mass is 231 g/mol. The van der Waals surface area contributed by atoms with Crippen molar-refractivity contribution >= 4 is 11.4 Å². The maximum Gasteiger partial charge on any atom is 0.0348 e. The molecule has 0 amide bonds. The van der Waals surface area contributed by atoms with Gasteiger partial charge in [-0.2, -0.15) is 0 Å². The first-order chi connectivity index (χ1) is 8.25. The molecular weight excluding hydrogens is 210 g/mol. The minimum absolute atomic E-state index is 0.801. The smallest absolute Gasteiger partial charge is 0.0348 e. The quantitative estimate of drug-likeness (QED) is 0.616. The van der Waals surface area contributed by atoms with Crippen LogP contribution in [0.15, 0.2) is 30.4 Å². The molecule has 3 heteroatoms. The van der Waals surface area contributed by atoms with Crippen LogP contribution in [-0.2, 0) is 6.42 Å². The fourth-order valence-electron chi connectivity index (χ4n) is 2.23. The number of hydrogen-bond acceptors (Lipinski definition) is 3. The second kappa shape index (κ2) is 5.73. The number of hydrogen-bond donors (Lipinski definition) is 2.